The molecule has 0 aromatic rings. The van der Waals surface area contributed by atoms with E-state index in [0.29, 0.717) is 0 Å². The van der Waals surface area contributed by atoms with E-state index in [2.05, 4.69) is 0 Å². The van der Waals surface area contributed by atoms with Gasteiger partial charge in [0.2, 0.25) is 0 Å². The summed E-state index contributed by atoms with van der Waals surface area (Å²) >= 11 is -0.0459. The van der Waals surface area contributed by atoms with E-state index in [-0.39, 0.29) is 36.6 Å². The van der Waals surface area contributed by atoms with Crippen molar-refractivity contribution in [3.05, 3.63) is 0 Å². The lowest BCUT2D eigenvalue weighted by Gasteiger charge is -2.23. The van der Waals surface area contributed by atoms with Crippen LogP contribution in [0.2, 0.25) is 0 Å². The fourth-order valence-corrected chi connectivity index (χ4v) is 1.45. The first-order valence-electron chi connectivity index (χ1n) is 4.18. The van der Waals surface area contributed by atoms with Gasteiger partial charge in [-0.05, 0) is 25.6 Å². The summed E-state index contributed by atoms with van der Waals surface area (Å²) in [5.74, 6) is -0.0244. The summed E-state index contributed by atoms with van der Waals surface area (Å²) in [4.78, 5) is 1.71. The Morgan fingerprint density at radius 1 is 1.43 bits per heavy atom. The molecular formula is C8H13F3N2S. The molecule has 2 nitrogen and oxygen atoms in total. The summed E-state index contributed by atoms with van der Waals surface area (Å²) in [6.07, 6.45) is 0. The average molecular weight is 226 g/mol. The average Bonchev–Trinajstić information content (AvgIpc) is 2.00. The first-order chi connectivity index (χ1) is 6.37. The molecule has 0 spiro atoms. The maximum atomic E-state index is 11.8. The van der Waals surface area contributed by atoms with E-state index in [1.807, 2.05) is 19.9 Å². The van der Waals surface area contributed by atoms with Gasteiger partial charge in [-0.3, -0.25) is 4.90 Å². The Morgan fingerprint density at radius 2 is 2.00 bits per heavy atom. The molecule has 0 saturated carbocycles. The fourth-order valence-electron chi connectivity index (χ4n) is 0.889. The van der Waals surface area contributed by atoms with Crippen molar-refractivity contribution in [1.29, 1.82) is 5.26 Å². The van der Waals surface area contributed by atoms with Gasteiger partial charge in [-0.25, -0.2) is 0 Å². The molecule has 82 valence electrons. The number of rotatable bonds is 5. The summed E-state index contributed by atoms with van der Waals surface area (Å²) in [7, 11) is 0. The fraction of sp³-hybridized carbons (Fsp3) is 0.875. The Kier molecular flexibility index (Phi) is 5.96. The van der Waals surface area contributed by atoms with Crippen LogP contribution in [0.3, 0.4) is 0 Å². The monoisotopic (exact) mass is 226 g/mol. The Bertz CT molecular complexity index is 198. The van der Waals surface area contributed by atoms with Crippen molar-refractivity contribution in [2.24, 2.45) is 0 Å². The Morgan fingerprint density at radius 3 is 2.36 bits per heavy atom. The standard InChI is InChI=1S/C8H13F3N2S/c1-7(2)13(4-3-12)5-6-14-8(9,10)11/h7H,4-6H2,1-2H3. The molecule has 0 aliphatic rings. The summed E-state index contributed by atoms with van der Waals surface area (Å²) in [5, 5.41) is 8.42. The van der Waals surface area contributed by atoms with E-state index >= 15 is 0 Å². The minimum absolute atomic E-state index is 0.0244. The predicted octanol–water partition coefficient (Wildman–Crippen LogP) is 2.47. The minimum atomic E-state index is -4.17. The molecule has 0 unspecified atom stereocenters. The predicted molar refractivity (Wildman–Crippen MR) is 50.8 cm³/mol. The van der Waals surface area contributed by atoms with Gasteiger partial charge in [0, 0.05) is 18.3 Å². The normalized spacial score (nSPS) is 12.1. The third-order valence-corrected chi connectivity index (χ3v) is 2.36. The molecule has 0 rings (SSSR count). The van der Waals surface area contributed by atoms with Gasteiger partial charge in [-0.1, -0.05) is 0 Å². The molecule has 0 heterocycles. The largest absolute Gasteiger partial charge is 0.441 e. The third kappa shape index (κ3) is 7.04. The Labute approximate surface area is 86.1 Å². The zero-order chi connectivity index (χ0) is 11.2. The molecule has 14 heavy (non-hydrogen) atoms. The Hall–Kier alpha value is -0.410. The van der Waals surface area contributed by atoms with Gasteiger partial charge in [-0.15, -0.1) is 0 Å². The Balaban J connectivity index is 3.79. The molecule has 0 aromatic heterocycles. The van der Waals surface area contributed by atoms with Gasteiger partial charge < -0.3 is 0 Å². The van der Waals surface area contributed by atoms with Gasteiger partial charge in [-0.2, -0.15) is 18.4 Å². The highest BCUT2D eigenvalue weighted by atomic mass is 32.2. The number of nitriles is 1. The van der Waals surface area contributed by atoms with E-state index in [9.17, 15) is 13.2 Å². The second-order valence-electron chi connectivity index (χ2n) is 3.02. The van der Waals surface area contributed by atoms with E-state index < -0.39 is 5.51 Å². The molecule has 0 radical (unpaired) electrons. The van der Waals surface area contributed by atoms with E-state index in [1.165, 1.54) is 0 Å². The molecule has 0 aromatic carbocycles. The maximum Gasteiger partial charge on any atom is 0.441 e. The third-order valence-electron chi connectivity index (χ3n) is 1.65. The lowest BCUT2D eigenvalue weighted by atomic mass is 10.3. The van der Waals surface area contributed by atoms with E-state index in [1.54, 1.807) is 4.90 Å². The van der Waals surface area contributed by atoms with Crippen LogP contribution >= 0.6 is 11.8 Å². The molecule has 0 saturated heterocycles. The highest BCUT2D eigenvalue weighted by Gasteiger charge is 2.27. The highest BCUT2D eigenvalue weighted by Crippen LogP contribution is 2.29. The first kappa shape index (κ1) is 13.6. The summed E-state index contributed by atoms with van der Waals surface area (Å²) in [5.41, 5.74) is -4.17. The van der Waals surface area contributed by atoms with Crippen molar-refractivity contribution >= 4 is 11.8 Å². The minimum Gasteiger partial charge on any atom is -0.287 e. The second-order valence-corrected chi connectivity index (χ2v) is 4.18. The zero-order valence-corrected chi connectivity index (χ0v) is 8.95. The van der Waals surface area contributed by atoms with Crippen molar-refractivity contribution in [2.45, 2.75) is 25.4 Å². The molecule has 0 aliphatic carbocycles. The van der Waals surface area contributed by atoms with Crippen LogP contribution in [0.25, 0.3) is 0 Å². The molecule has 6 heteroatoms. The van der Waals surface area contributed by atoms with E-state index in [4.69, 9.17) is 5.26 Å². The number of nitrogens with zero attached hydrogens (tertiary/aromatic N) is 2. The molecule has 0 amide bonds. The van der Waals surface area contributed by atoms with Gasteiger partial charge in [0.25, 0.3) is 0 Å². The van der Waals surface area contributed by atoms with Crippen molar-refractivity contribution in [2.75, 3.05) is 18.8 Å². The number of hydrogen-bond acceptors (Lipinski definition) is 3. The SMILES string of the molecule is CC(C)N(CC#N)CCSC(F)(F)F. The van der Waals surface area contributed by atoms with Gasteiger partial charge in [0.15, 0.2) is 0 Å². The lowest BCUT2D eigenvalue weighted by Crippen LogP contribution is -2.33. The van der Waals surface area contributed by atoms with Crippen molar-refractivity contribution in [3.8, 4) is 6.07 Å². The highest BCUT2D eigenvalue weighted by molar-refractivity contribution is 8.00. The summed E-state index contributed by atoms with van der Waals surface area (Å²) in [6, 6.07) is 2.03. The zero-order valence-electron chi connectivity index (χ0n) is 8.14. The van der Waals surface area contributed by atoms with Crippen molar-refractivity contribution in [3.63, 3.8) is 0 Å². The van der Waals surface area contributed by atoms with Gasteiger partial charge in [0.05, 0.1) is 12.6 Å². The lowest BCUT2D eigenvalue weighted by molar-refractivity contribution is -0.0329. The van der Waals surface area contributed by atoms with Crippen LogP contribution in [-0.2, 0) is 0 Å². The van der Waals surface area contributed by atoms with Crippen LogP contribution in [0.15, 0.2) is 0 Å². The van der Waals surface area contributed by atoms with Crippen LogP contribution in [0.1, 0.15) is 13.8 Å². The molecule has 0 bridgehead atoms. The number of hydrogen-bond donors (Lipinski definition) is 0. The van der Waals surface area contributed by atoms with Crippen LogP contribution < -0.4 is 0 Å². The van der Waals surface area contributed by atoms with Crippen LogP contribution in [0.5, 0.6) is 0 Å². The smallest absolute Gasteiger partial charge is 0.287 e. The number of halogens is 3. The topological polar surface area (TPSA) is 27.0 Å². The van der Waals surface area contributed by atoms with Crippen LogP contribution in [0.4, 0.5) is 13.2 Å². The number of thioether (sulfide) groups is 1. The van der Waals surface area contributed by atoms with Gasteiger partial charge >= 0.3 is 5.51 Å². The maximum absolute atomic E-state index is 11.8. The second kappa shape index (κ2) is 6.14. The summed E-state index contributed by atoms with van der Waals surface area (Å²) in [6.45, 7) is 4.18. The molecule has 0 N–H and O–H groups in total. The number of alkyl halides is 3. The van der Waals surface area contributed by atoms with Crippen LogP contribution in [-0.4, -0.2) is 35.3 Å². The summed E-state index contributed by atoms with van der Waals surface area (Å²) < 4.78 is 35.3. The molecule has 0 atom stereocenters. The molecular weight excluding hydrogens is 213 g/mol. The van der Waals surface area contributed by atoms with Crippen molar-refractivity contribution < 1.29 is 13.2 Å². The van der Waals surface area contributed by atoms with Crippen LogP contribution in [0, 0.1) is 11.3 Å². The van der Waals surface area contributed by atoms with E-state index in [0.717, 1.165) is 0 Å². The molecule has 0 fully saturated rings. The first-order valence-corrected chi connectivity index (χ1v) is 5.17. The molecule has 0 aliphatic heterocycles. The quantitative estimate of drug-likeness (QED) is 0.674. The van der Waals surface area contributed by atoms with Crippen molar-refractivity contribution in [1.82, 2.24) is 4.90 Å². The van der Waals surface area contributed by atoms with Gasteiger partial charge in [0.1, 0.15) is 0 Å².